The Morgan fingerprint density at radius 2 is 1.95 bits per heavy atom. The van der Waals surface area contributed by atoms with Crippen LogP contribution in [0.2, 0.25) is 0 Å². The van der Waals surface area contributed by atoms with E-state index in [-0.39, 0.29) is 17.8 Å². The average Bonchev–Trinajstić information content (AvgIpc) is 2.79. The normalized spacial score (nSPS) is 28.2. The first-order valence-corrected chi connectivity index (χ1v) is 7.18. The maximum Gasteiger partial charge on any atom is 0.321 e. The molecule has 5 heteroatoms. The second-order valence-corrected chi connectivity index (χ2v) is 5.78. The van der Waals surface area contributed by atoms with Gasteiger partial charge in [-0.2, -0.15) is 0 Å². The van der Waals surface area contributed by atoms with E-state index in [0.29, 0.717) is 12.1 Å². The van der Waals surface area contributed by atoms with Gasteiger partial charge in [-0.3, -0.25) is 0 Å². The Morgan fingerprint density at radius 3 is 2.60 bits per heavy atom. The molecule has 2 N–H and O–H groups in total. The first-order valence-electron chi connectivity index (χ1n) is 7.18. The van der Waals surface area contributed by atoms with Gasteiger partial charge in [-0.05, 0) is 37.8 Å². The van der Waals surface area contributed by atoms with Gasteiger partial charge in [0.25, 0.3) is 0 Å². The maximum absolute atomic E-state index is 13.5. The second-order valence-electron chi connectivity index (χ2n) is 5.78. The first-order chi connectivity index (χ1) is 9.63. The number of amides is 2. The number of hydrogen-bond donors (Lipinski definition) is 2. The molecule has 0 spiro atoms. The molecule has 2 bridgehead atoms. The quantitative estimate of drug-likeness (QED) is 0.872. The van der Waals surface area contributed by atoms with Crippen molar-refractivity contribution in [2.75, 3.05) is 12.4 Å². The van der Waals surface area contributed by atoms with E-state index in [0.717, 1.165) is 12.8 Å². The van der Waals surface area contributed by atoms with E-state index in [2.05, 4.69) is 10.6 Å². The van der Waals surface area contributed by atoms with E-state index in [1.165, 1.54) is 18.9 Å². The Hall–Kier alpha value is -1.62. The summed E-state index contributed by atoms with van der Waals surface area (Å²) >= 11 is 0. The number of nitrogens with one attached hydrogen (secondary N) is 2. The third-order valence-electron chi connectivity index (χ3n) is 4.43. The smallest absolute Gasteiger partial charge is 0.321 e. The van der Waals surface area contributed by atoms with Crippen LogP contribution in [0.1, 0.15) is 25.7 Å². The lowest BCUT2D eigenvalue weighted by molar-refractivity contribution is 0.176. The minimum atomic E-state index is -0.403. The predicted octanol–water partition coefficient (Wildman–Crippen LogP) is 2.57. The van der Waals surface area contributed by atoms with Crippen LogP contribution in [0, 0.1) is 5.82 Å². The molecule has 1 aromatic carbocycles. The van der Waals surface area contributed by atoms with Gasteiger partial charge in [-0.1, -0.05) is 12.1 Å². The zero-order valence-corrected chi connectivity index (χ0v) is 11.6. The molecule has 2 aliphatic rings. The molecule has 3 rings (SSSR count). The van der Waals surface area contributed by atoms with Crippen LogP contribution < -0.4 is 10.6 Å². The molecule has 20 heavy (non-hydrogen) atoms. The molecular formula is C15H20FN3O. The minimum absolute atomic E-state index is 0.235. The summed E-state index contributed by atoms with van der Waals surface area (Å²) in [6.07, 6.45) is 4.36. The molecule has 108 valence electrons. The zero-order chi connectivity index (χ0) is 14.1. The van der Waals surface area contributed by atoms with E-state index < -0.39 is 5.82 Å². The number of carbonyl (C=O) groups is 1. The summed E-state index contributed by atoms with van der Waals surface area (Å²) < 4.78 is 13.5. The number of urea groups is 1. The molecule has 0 aromatic heterocycles. The number of halogens is 1. The SMILES string of the molecule is CN(C(=O)Nc1ccccc1F)C1CC2CCC(C1)N2. The molecule has 0 saturated carbocycles. The topological polar surface area (TPSA) is 44.4 Å². The Kier molecular flexibility index (Phi) is 3.61. The summed E-state index contributed by atoms with van der Waals surface area (Å²) in [4.78, 5) is 13.9. The van der Waals surface area contributed by atoms with Gasteiger partial charge in [-0.25, -0.2) is 9.18 Å². The van der Waals surface area contributed by atoms with Crippen LogP contribution in [0.25, 0.3) is 0 Å². The van der Waals surface area contributed by atoms with Gasteiger partial charge in [0.1, 0.15) is 5.82 Å². The third-order valence-corrected chi connectivity index (χ3v) is 4.43. The van der Waals surface area contributed by atoms with Gasteiger partial charge in [0.05, 0.1) is 5.69 Å². The van der Waals surface area contributed by atoms with Crippen LogP contribution in [0.4, 0.5) is 14.9 Å². The number of para-hydroxylation sites is 1. The Labute approximate surface area is 118 Å². The van der Waals surface area contributed by atoms with Crippen LogP contribution in [0.3, 0.4) is 0 Å². The lowest BCUT2D eigenvalue weighted by atomic mass is 9.99. The molecule has 2 saturated heterocycles. The molecular weight excluding hydrogens is 257 g/mol. The van der Waals surface area contributed by atoms with Crippen LogP contribution in [-0.4, -0.2) is 36.1 Å². The fourth-order valence-corrected chi connectivity index (χ4v) is 3.28. The summed E-state index contributed by atoms with van der Waals surface area (Å²) in [5.41, 5.74) is 0.237. The van der Waals surface area contributed by atoms with E-state index in [1.807, 2.05) is 0 Å². The predicted molar refractivity (Wildman–Crippen MR) is 76.1 cm³/mol. The molecule has 1 aromatic rings. The molecule has 2 fully saturated rings. The van der Waals surface area contributed by atoms with Gasteiger partial charge >= 0.3 is 6.03 Å². The highest BCUT2D eigenvalue weighted by molar-refractivity contribution is 5.89. The van der Waals surface area contributed by atoms with Gasteiger partial charge in [0.15, 0.2) is 0 Å². The van der Waals surface area contributed by atoms with E-state index in [4.69, 9.17) is 0 Å². The summed E-state index contributed by atoms with van der Waals surface area (Å²) in [7, 11) is 1.80. The largest absolute Gasteiger partial charge is 0.324 e. The molecule has 2 unspecified atom stereocenters. The number of piperidine rings is 1. The molecule has 0 radical (unpaired) electrons. The molecule has 2 aliphatic heterocycles. The number of hydrogen-bond acceptors (Lipinski definition) is 2. The minimum Gasteiger partial charge on any atom is -0.324 e. The van der Waals surface area contributed by atoms with Gasteiger partial charge < -0.3 is 15.5 Å². The first kappa shape index (κ1) is 13.4. The van der Waals surface area contributed by atoms with Crippen LogP contribution in [0.15, 0.2) is 24.3 Å². The van der Waals surface area contributed by atoms with E-state index in [9.17, 15) is 9.18 Å². The van der Waals surface area contributed by atoms with E-state index >= 15 is 0 Å². The van der Waals surface area contributed by atoms with E-state index in [1.54, 1.807) is 30.1 Å². The van der Waals surface area contributed by atoms with Crippen LogP contribution in [0.5, 0.6) is 0 Å². The van der Waals surface area contributed by atoms with Crippen molar-refractivity contribution in [3.63, 3.8) is 0 Å². The molecule has 0 aliphatic carbocycles. The molecule has 2 heterocycles. The van der Waals surface area contributed by atoms with Crippen LogP contribution in [-0.2, 0) is 0 Å². The summed E-state index contributed by atoms with van der Waals surface area (Å²) in [6, 6.07) is 7.31. The van der Waals surface area contributed by atoms with Gasteiger partial charge in [0.2, 0.25) is 0 Å². The van der Waals surface area contributed by atoms with Crippen molar-refractivity contribution in [1.29, 1.82) is 0 Å². The number of anilines is 1. The molecule has 4 nitrogen and oxygen atoms in total. The molecule has 2 atom stereocenters. The standard InChI is InChI=1S/C15H20FN3O/c1-19(12-8-10-6-7-11(9-12)17-10)15(20)18-14-5-3-2-4-13(14)16/h2-5,10-12,17H,6-9H2,1H3,(H,18,20). The highest BCUT2D eigenvalue weighted by atomic mass is 19.1. The summed E-state index contributed by atoms with van der Waals surface area (Å²) in [5.74, 6) is -0.403. The fraction of sp³-hybridized carbons (Fsp3) is 0.533. The lowest BCUT2D eigenvalue weighted by Crippen LogP contribution is -2.49. The summed E-state index contributed by atoms with van der Waals surface area (Å²) in [6.45, 7) is 0. The van der Waals surface area contributed by atoms with Crippen molar-refractivity contribution < 1.29 is 9.18 Å². The monoisotopic (exact) mass is 277 g/mol. The Balaban J connectivity index is 1.63. The lowest BCUT2D eigenvalue weighted by Gasteiger charge is -2.35. The number of benzene rings is 1. The Morgan fingerprint density at radius 1 is 1.30 bits per heavy atom. The van der Waals surface area contributed by atoms with Gasteiger partial charge in [0, 0.05) is 25.2 Å². The fourth-order valence-electron chi connectivity index (χ4n) is 3.28. The van der Waals surface area contributed by atoms with Crippen LogP contribution >= 0.6 is 0 Å². The van der Waals surface area contributed by atoms with Crippen molar-refractivity contribution in [3.8, 4) is 0 Å². The third kappa shape index (κ3) is 2.63. The highest BCUT2D eigenvalue weighted by Gasteiger charge is 2.36. The van der Waals surface area contributed by atoms with Crippen molar-refractivity contribution in [3.05, 3.63) is 30.1 Å². The number of fused-ring (bicyclic) bond motifs is 2. The Bertz CT molecular complexity index is 496. The number of rotatable bonds is 2. The number of nitrogens with zero attached hydrogens (tertiary/aromatic N) is 1. The van der Waals surface area contributed by atoms with Crippen molar-refractivity contribution in [2.45, 2.75) is 43.8 Å². The average molecular weight is 277 g/mol. The van der Waals surface area contributed by atoms with Crippen molar-refractivity contribution in [1.82, 2.24) is 10.2 Å². The van der Waals surface area contributed by atoms with Crippen molar-refractivity contribution in [2.24, 2.45) is 0 Å². The van der Waals surface area contributed by atoms with Crippen molar-refractivity contribution >= 4 is 11.7 Å². The highest BCUT2D eigenvalue weighted by Crippen LogP contribution is 2.29. The second kappa shape index (κ2) is 5.40. The van der Waals surface area contributed by atoms with Gasteiger partial charge in [-0.15, -0.1) is 0 Å². The maximum atomic E-state index is 13.5. The number of carbonyl (C=O) groups excluding carboxylic acids is 1. The zero-order valence-electron chi connectivity index (χ0n) is 11.6. The molecule has 2 amide bonds. The summed E-state index contributed by atoms with van der Waals surface area (Å²) in [5, 5.41) is 6.20.